The Morgan fingerprint density at radius 3 is 2.82 bits per heavy atom. The number of rotatable bonds is 3. The van der Waals surface area contributed by atoms with Crippen molar-refractivity contribution in [3.8, 4) is 0 Å². The van der Waals surface area contributed by atoms with E-state index in [0.717, 1.165) is 12.8 Å². The second-order valence-corrected chi connectivity index (χ2v) is 2.82. The maximum Gasteiger partial charge on any atom is 0.330 e. The summed E-state index contributed by atoms with van der Waals surface area (Å²) in [5, 5.41) is 0. The Balaban J connectivity index is 2.28. The molecule has 0 atom stereocenters. The summed E-state index contributed by atoms with van der Waals surface area (Å²) in [6.07, 6.45) is 5.09. The van der Waals surface area contributed by atoms with E-state index in [2.05, 4.69) is 4.74 Å². The molecule has 1 aliphatic rings. The molecule has 0 aromatic rings. The standard InChI is InChI=1S/C8H13NO2/c1-2-11-7(10)3-4-8(9)5-6-8/h3-4H,2,5-6,9H2,1H3/b4-3+. The van der Waals surface area contributed by atoms with Crippen molar-refractivity contribution in [1.29, 1.82) is 0 Å². The van der Waals surface area contributed by atoms with Crippen molar-refractivity contribution in [2.75, 3.05) is 6.61 Å². The molecule has 1 fully saturated rings. The van der Waals surface area contributed by atoms with E-state index in [-0.39, 0.29) is 11.5 Å². The third-order valence-electron chi connectivity index (χ3n) is 1.67. The highest BCUT2D eigenvalue weighted by Crippen LogP contribution is 2.33. The van der Waals surface area contributed by atoms with Crippen LogP contribution in [0.1, 0.15) is 19.8 Å². The van der Waals surface area contributed by atoms with Crippen molar-refractivity contribution in [2.45, 2.75) is 25.3 Å². The zero-order valence-corrected chi connectivity index (χ0v) is 6.67. The van der Waals surface area contributed by atoms with Crippen molar-refractivity contribution in [2.24, 2.45) is 5.73 Å². The quantitative estimate of drug-likeness (QED) is 0.479. The minimum Gasteiger partial charge on any atom is -0.463 e. The minimum atomic E-state index is -0.302. The second-order valence-electron chi connectivity index (χ2n) is 2.82. The van der Waals surface area contributed by atoms with E-state index in [9.17, 15) is 4.79 Å². The largest absolute Gasteiger partial charge is 0.463 e. The van der Waals surface area contributed by atoms with Crippen LogP contribution in [-0.4, -0.2) is 18.1 Å². The zero-order chi connectivity index (χ0) is 8.32. The van der Waals surface area contributed by atoms with Gasteiger partial charge in [0.2, 0.25) is 0 Å². The number of carbonyl (C=O) groups is 1. The Morgan fingerprint density at radius 2 is 2.36 bits per heavy atom. The lowest BCUT2D eigenvalue weighted by Crippen LogP contribution is -2.18. The summed E-state index contributed by atoms with van der Waals surface area (Å²) in [6.45, 7) is 2.20. The molecule has 0 aromatic heterocycles. The van der Waals surface area contributed by atoms with Gasteiger partial charge >= 0.3 is 5.97 Å². The van der Waals surface area contributed by atoms with Crippen LogP contribution in [0.25, 0.3) is 0 Å². The van der Waals surface area contributed by atoms with Gasteiger partial charge in [-0.05, 0) is 19.8 Å². The first-order valence-corrected chi connectivity index (χ1v) is 3.81. The molecular weight excluding hydrogens is 142 g/mol. The lowest BCUT2D eigenvalue weighted by molar-refractivity contribution is -0.137. The molecule has 0 bridgehead atoms. The van der Waals surface area contributed by atoms with Crippen LogP contribution in [-0.2, 0) is 9.53 Å². The molecule has 2 N–H and O–H groups in total. The molecule has 1 aliphatic carbocycles. The van der Waals surface area contributed by atoms with Crippen LogP contribution in [0, 0.1) is 0 Å². The van der Waals surface area contributed by atoms with Crippen LogP contribution in [0.5, 0.6) is 0 Å². The Hall–Kier alpha value is -0.830. The zero-order valence-electron chi connectivity index (χ0n) is 6.67. The van der Waals surface area contributed by atoms with Gasteiger partial charge in [0, 0.05) is 11.6 Å². The molecule has 3 heteroatoms. The van der Waals surface area contributed by atoms with E-state index >= 15 is 0 Å². The van der Waals surface area contributed by atoms with E-state index in [0.29, 0.717) is 6.61 Å². The van der Waals surface area contributed by atoms with Crippen molar-refractivity contribution >= 4 is 5.97 Å². The van der Waals surface area contributed by atoms with Gasteiger partial charge in [0.1, 0.15) is 0 Å². The molecule has 0 radical (unpaired) electrons. The summed E-state index contributed by atoms with van der Waals surface area (Å²) in [7, 11) is 0. The number of hydrogen-bond acceptors (Lipinski definition) is 3. The van der Waals surface area contributed by atoms with Crippen molar-refractivity contribution in [3.63, 3.8) is 0 Å². The first-order valence-electron chi connectivity index (χ1n) is 3.81. The van der Waals surface area contributed by atoms with Crippen LogP contribution in [0.15, 0.2) is 12.2 Å². The molecule has 0 saturated heterocycles. The minimum absolute atomic E-state index is 0.202. The fraction of sp³-hybridized carbons (Fsp3) is 0.625. The van der Waals surface area contributed by atoms with Gasteiger partial charge in [-0.15, -0.1) is 0 Å². The first-order chi connectivity index (χ1) is 5.16. The molecule has 62 valence electrons. The van der Waals surface area contributed by atoms with Crippen LogP contribution >= 0.6 is 0 Å². The molecule has 0 heterocycles. The van der Waals surface area contributed by atoms with Gasteiger partial charge < -0.3 is 10.5 Å². The topological polar surface area (TPSA) is 52.3 Å². The second kappa shape index (κ2) is 3.05. The van der Waals surface area contributed by atoms with Gasteiger partial charge in [0.05, 0.1) is 6.61 Å². The van der Waals surface area contributed by atoms with Crippen LogP contribution in [0.3, 0.4) is 0 Å². The lowest BCUT2D eigenvalue weighted by atomic mass is 10.3. The maximum absolute atomic E-state index is 10.8. The smallest absolute Gasteiger partial charge is 0.330 e. The predicted octanol–water partition coefficient (Wildman–Crippen LogP) is 0.597. The summed E-state index contributed by atoms with van der Waals surface area (Å²) in [6, 6.07) is 0. The Morgan fingerprint density at radius 1 is 1.73 bits per heavy atom. The van der Waals surface area contributed by atoms with Gasteiger partial charge in [-0.1, -0.05) is 6.08 Å². The Labute approximate surface area is 66.2 Å². The van der Waals surface area contributed by atoms with Gasteiger partial charge in [-0.2, -0.15) is 0 Å². The van der Waals surface area contributed by atoms with Gasteiger partial charge in [-0.25, -0.2) is 4.79 Å². The molecule has 0 aliphatic heterocycles. The number of carbonyl (C=O) groups excluding carboxylic acids is 1. The molecule has 1 rings (SSSR count). The lowest BCUT2D eigenvalue weighted by Gasteiger charge is -1.98. The number of nitrogens with two attached hydrogens (primary N) is 1. The highest BCUT2D eigenvalue weighted by molar-refractivity contribution is 5.82. The van der Waals surface area contributed by atoms with E-state index in [1.165, 1.54) is 6.08 Å². The normalized spacial score (nSPS) is 20.2. The molecular formula is C8H13NO2. The Kier molecular flexibility index (Phi) is 2.29. The van der Waals surface area contributed by atoms with Crippen LogP contribution < -0.4 is 5.73 Å². The number of hydrogen-bond donors (Lipinski definition) is 1. The van der Waals surface area contributed by atoms with E-state index in [1.807, 2.05) is 0 Å². The monoisotopic (exact) mass is 155 g/mol. The molecule has 0 unspecified atom stereocenters. The van der Waals surface area contributed by atoms with Crippen LogP contribution in [0.4, 0.5) is 0 Å². The molecule has 0 amide bonds. The molecule has 11 heavy (non-hydrogen) atoms. The first kappa shape index (κ1) is 8.27. The van der Waals surface area contributed by atoms with Crippen LogP contribution in [0.2, 0.25) is 0 Å². The highest BCUT2D eigenvalue weighted by atomic mass is 16.5. The van der Waals surface area contributed by atoms with Gasteiger partial charge in [-0.3, -0.25) is 0 Å². The van der Waals surface area contributed by atoms with Crippen molar-refractivity contribution < 1.29 is 9.53 Å². The van der Waals surface area contributed by atoms with Gasteiger partial charge in [0.25, 0.3) is 0 Å². The third-order valence-corrected chi connectivity index (χ3v) is 1.67. The molecule has 0 spiro atoms. The summed E-state index contributed by atoms with van der Waals surface area (Å²) < 4.78 is 4.68. The summed E-state index contributed by atoms with van der Waals surface area (Å²) in [5.41, 5.74) is 5.49. The average Bonchev–Trinajstić information content (AvgIpc) is 2.66. The van der Waals surface area contributed by atoms with Crippen molar-refractivity contribution in [1.82, 2.24) is 0 Å². The Bertz CT molecular complexity index is 183. The molecule has 0 aromatic carbocycles. The van der Waals surface area contributed by atoms with E-state index in [1.54, 1.807) is 13.0 Å². The summed E-state index contributed by atoms with van der Waals surface area (Å²) in [4.78, 5) is 10.8. The fourth-order valence-electron chi connectivity index (χ4n) is 0.735. The van der Waals surface area contributed by atoms with Gasteiger partial charge in [0.15, 0.2) is 0 Å². The molecule has 1 saturated carbocycles. The van der Waals surface area contributed by atoms with E-state index < -0.39 is 0 Å². The average molecular weight is 155 g/mol. The van der Waals surface area contributed by atoms with Crippen molar-refractivity contribution in [3.05, 3.63) is 12.2 Å². The summed E-state index contributed by atoms with van der Waals surface area (Å²) in [5.74, 6) is -0.302. The predicted molar refractivity (Wildman–Crippen MR) is 41.9 cm³/mol. The highest BCUT2D eigenvalue weighted by Gasteiger charge is 2.35. The fourth-order valence-corrected chi connectivity index (χ4v) is 0.735. The number of ether oxygens (including phenoxy) is 1. The van der Waals surface area contributed by atoms with E-state index in [4.69, 9.17) is 5.73 Å². The maximum atomic E-state index is 10.8. The number of esters is 1. The molecule has 3 nitrogen and oxygen atoms in total. The third kappa shape index (κ3) is 2.72. The SMILES string of the molecule is CCOC(=O)/C=C/C1(N)CC1. The summed E-state index contributed by atoms with van der Waals surface area (Å²) >= 11 is 0.